The summed E-state index contributed by atoms with van der Waals surface area (Å²) in [7, 11) is 0. The Kier molecular flexibility index (Phi) is 4.71. The third-order valence-corrected chi connectivity index (χ3v) is 4.56. The van der Waals surface area contributed by atoms with Gasteiger partial charge >= 0.3 is 0 Å². The van der Waals surface area contributed by atoms with E-state index in [2.05, 4.69) is 15.4 Å². The highest BCUT2D eigenvalue weighted by molar-refractivity contribution is 7.15. The standard InChI is InChI=1S/C17H15FN4O2S/c1-10-11(2)25-17(19-10)20-15(23)9-22-16(24)8-7-14(21-22)12-3-5-13(18)6-4-12/h3-8H,9H2,1-2H3,(H,19,20,23). The number of carbonyl (C=O) groups excluding carboxylic acids is 1. The molecule has 0 aliphatic carbocycles. The molecule has 0 fully saturated rings. The molecule has 0 aliphatic rings. The van der Waals surface area contributed by atoms with Crippen LogP contribution in [0.4, 0.5) is 9.52 Å². The van der Waals surface area contributed by atoms with Gasteiger partial charge in [-0.25, -0.2) is 14.1 Å². The number of aryl methyl sites for hydroxylation is 2. The molecule has 0 saturated carbocycles. The van der Waals surface area contributed by atoms with Crippen molar-refractivity contribution in [2.75, 3.05) is 5.32 Å². The Balaban J connectivity index is 1.79. The summed E-state index contributed by atoms with van der Waals surface area (Å²) in [6.07, 6.45) is 0. The van der Waals surface area contributed by atoms with Gasteiger partial charge in [-0.2, -0.15) is 5.10 Å². The second-order valence-corrected chi connectivity index (χ2v) is 6.63. The predicted molar refractivity (Wildman–Crippen MR) is 94.1 cm³/mol. The van der Waals surface area contributed by atoms with Crippen molar-refractivity contribution in [2.45, 2.75) is 20.4 Å². The van der Waals surface area contributed by atoms with Crippen molar-refractivity contribution in [3.8, 4) is 11.3 Å². The number of amides is 1. The van der Waals surface area contributed by atoms with Crippen LogP contribution < -0.4 is 10.9 Å². The van der Waals surface area contributed by atoms with E-state index in [0.29, 0.717) is 16.4 Å². The zero-order valence-corrected chi connectivity index (χ0v) is 14.4. The van der Waals surface area contributed by atoms with Gasteiger partial charge in [0.05, 0.1) is 11.4 Å². The highest BCUT2D eigenvalue weighted by Crippen LogP contribution is 2.21. The van der Waals surface area contributed by atoms with Crippen LogP contribution in [0.25, 0.3) is 11.3 Å². The molecule has 1 amide bonds. The third-order valence-electron chi connectivity index (χ3n) is 3.57. The molecule has 0 aliphatic heterocycles. The fraction of sp³-hybridized carbons (Fsp3) is 0.176. The number of thiazole rings is 1. The van der Waals surface area contributed by atoms with Gasteiger partial charge in [0.2, 0.25) is 5.91 Å². The SMILES string of the molecule is Cc1nc(NC(=O)Cn2nc(-c3ccc(F)cc3)ccc2=O)sc1C. The molecule has 0 atom stereocenters. The first-order chi connectivity index (χ1) is 11.9. The van der Waals surface area contributed by atoms with Crippen molar-refractivity contribution in [1.29, 1.82) is 0 Å². The summed E-state index contributed by atoms with van der Waals surface area (Å²) in [6.45, 7) is 3.55. The van der Waals surface area contributed by atoms with E-state index < -0.39 is 5.56 Å². The molecule has 6 nitrogen and oxygen atoms in total. The number of anilines is 1. The molecular formula is C17H15FN4O2S. The summed E-state index contributed by atoms with van der Waals surface area (Å²) >= 11 is 1.37. The first-order valence-corrected chi connectivity index (χ1v) is 8.32. The van der Waals surface area contributed by atoms with Crippen LogP contribution in [0.3, 0.4) is 0 Å². The molecule has 0 unspecified atom stereocenters. The summed E-state index contributed by atoms with van der Waals surface area (Å²) < 4.78 is 14.1. The van der Waals surface area contributed by atoms with Crippen molar-refractivity contribution in [1.82, 2.24) is 14.8 Å². The number of nitrogens with zero attached hydrogens (tertiary/aromatic N) is 3. The molecule has 25 heavy (non-hydrogen) atoms. The van der Waals surface area contributed by atoms with Crippen LogP contribution in [-0.4, -0.2) is 20.7 Å². The van der Waals surface area contributed by atoms with Gasteiger partial charge in [-0.3, -0.25) is 9.59 Å². The van der Waals surface area contributed by atoms with Crippen LogP contribution in [0.5, 0.6) is 0 Å². The van der Waals surface area contributed by atoms with Gasteiger partial charge in [0.1, 0.15) is 12.4 Å². The number of carbonyl (C=O) groups is 1. The highest BCUT2D eigenvalue weighted by Gasteiger charge is 2.11. The Labute approximate surface area is 147 Å². The third kappa shape index (κ3) is 3.97. The lowest BCUT2D eigenvalue weighted by Crippen LogP contribution is -2.29. The number of nitrogens with one attached hydrogen (secondary N) is 1. The Hall–Kier alpha value is -2.87. The Bertz CT molecular complexity index is 960. The van der Waals surface area contributed by atoms with E-state index in [0.717, 1.165) is 15.3 Å². The summed E-state index contributed by atoms with van der Waals surface area (Å²) in [6, 6.07) is 8.62. The topological polar surface area (TPSA) is 76.9 Å². The van der Waals surface area contributed by atoms with Gasteiger partial charge < -0.3 is 5.32 Å². The number of rotatable bonds is 4. The second kappa shape index (κ2) is 6.94. The minimum absolute atomic E-state index is 0.231. The summed E-state index contributed by atoms with van der Waals surface area (Å²) in [5, 5.41) is 7.33. The molecule has 8 heteroatoms. The van der Waals surface area contributed by atoms with E-state index in [1.165, 1.54) is 35.6 Å². The van der Waals surface area contributed by atoms with E-state index in [9.17, 15) is 14.0 Å². The van der Waals surface area contributed by atoms with Crippen molar-refractivity contribution in [3.63, 3.8) is 0 Å². The number of aromatic nitrogens is 3. The smallest absolute Gasteiger partial charge is 0.267 e. The van der Waals surface area contributed by atoms with E-state index in [1.54, 1.807) is 12.1 Å². The van der Waals surface area contributed by atoms with Gasteiger partial charge in [0.15, 0.2) is 5.13 Å². The first-order valence-electron chi connectivity index (χ1n) is 7.50. The van der Waals surface area contributed by atoms with E-state index >= 15 is 0 Å². The molecule has 0 radical (unpaired) electrons. The lowest BCUT2D eigenvalue weighted by atomic mass is 10.1. The minimum atomic E-state index is -0.396. The Morgan fingerprint density at radius 3 is 2.56 bits per heavy atom. The van der Waals surface area contributed by atoms with E-state index in [-0.39, 0.29) is 18.3 Å². The van der Waals surface area contributed by atoms with Crippen LogP contribution in [0, 0.1) is 19.7 Å². The molecule has 0 spiro atoms. The van der Waals surface area contributed by atoms with Crippen LogP contribution in [0.2, 0.25) is 0 Å². The molecule has 0 saturated heterocycles. The van der Waals surface area contributed by atoms with Crippen molar-refractivity contribution in [3.05, 3.63) is 63.1 Å². The molecule has 3 rings (SSSR count). The average molecular weight is 358 g/mol. The zero-order chi connectivity index (χ0) is 18.0. The largest absolute Gasteiger partial charge is 0.300 e. The molecule has 128 valence electrons. The number of hydrogen-bond donors (Lipinski definition) is 1. The van der Waals surface area contributed by atoms with Gasteiger partial charge in [-0.1, -0.05) is 0 Å². The summed E-state index contributed by atoms with van der Waals surface area (Å²) in [5.74, 6) is -0.745. The first kappa shape index (κ1) is 17.0. The van der Waals surface area contributed by atoms with Gasteiger partial charge in [0, 0.05) is 16.5 Å². The zero-order valence-electron chi connectivity index (χ0n) is 13.6. The van der Waals surface area contributed by atoms with Crippen LogP contribution in [0.1, 0.15) is 10.6 Å². The Morgan fingerprint density at radius 1 is 1.20 bits per heavy atom. The van der Waals surface area contributed by atoms with Crippen molar-refractivity contribution >= 4 is 22.4 Å². The predicted octanol–water partition coefficient (Wildman–Crippen LogP) is 2.76. The Morgan fingerprint density at radius 2 is 1.92 bits per heavy atom. The quantitative estimate of drug-likeness (QED) is 0.778. The van der Waals surface area contributed by atoms with Gasteiger partial charge in [-0.15, -0.1) is 11.3 Å². The molecule has 0 bridgehead atoms. The monoisotopic (exact) mass is 358 g/mol. The fourth-order valence-electron chi connectivity index (χ4n) is 2.16. The maximum atomic E-state index is 13.0. The average Bonchev–Trinajstić information content (AvgIpc) is 2.88. The summed E-state index contributed by atoms with van der Waals surface area (Å²) in [4.78, 5) is 29.4. The maximum absolute atomic E-state index is 13.0. The molecule has 2 aromatic heterocycles. The van der Waals surface area contributed by atoms with Gasteiger partial charge in [-0.05, 0) is 44.2 Å². The lowest BCUT2D eigenvalue weighted by molar-refractivity contribution is -0.117. The van der Waals surface area contributed by atoms with Crippen LogP contribution >= 0.6 is 11.3 Å². The molecular weight excluding hydrogens is 343 g/mol. The van der Waals surface area contributed by atoms with Crippen molar-refractivity contribution in [2.24, 2.45) is 0 Å². The number of benzene rings is 1. The number of halogens is 1. The second-order valence-electron chi connectivity index (χ2n) is 5.43. The van der Waals surface area contributed by atoms with Crippen LogP contribution in [-0.2, 0) is 11.3 Å². The number of hydrogen-bond acceptors (Lipinski definition) is 5. The summed E-state index contributed by atoms with van der Waals surface area (Å²) in [5.41, 5.74) is 1.59. The fourth-order valence-corrected chi connectivity index (χ4v) is 2.99. The molecule has 2 heterocycles. The van der Waals surface area contributed by atoms with Crippen molar-refractivity contribution < 1.29 is 9.18 Å². The van der Waals surface area contributed by atoms with E-state index in [4.69, 9.17) is 0 Å². The molecule has 3 aromatic rings. The van der Waals surface area contributed by atoms with E-state index in [1.807, 2.05) is 13.8 Å². The van der Waals surface area contributed by atoms with Gasteiger partial charge in [0.25, 0.3) is 5.56 Å². The maximum Gasteiger partial charge on any atom is 0.267 e. The normalized spacial score (nSPS) is 10.7. The molecule has 1 N–H and O–H groups in total. The van der Waals surface area contributed by atoms with Crippen LogP contribution in [0.15, 0.2) is 41.2 Å². The lowest BCUT2D eigenvalue weighted by Gasteiger charge is -2.07. The highest BCUT2D eigenvalue weighted by atomic mass is 32.1. The molecule has 1 aromatic carbocycles. The minimum Gasteiger partial charge on any atom is -0.300 e.